The average Bonchev–Trinajstić information content (AvgIpc) is 3.92. The quantitative estimate of drug-likeness (QED) is 0.164. The number of nitrogens with zero attached hydrogens (tertiary/aromatic N) is 2. The van der Waals surface area contributed by atoms with Gasteiger partial charge >= 0.3 is 22.3 Å². The summed E-state index contributed by atoms with van der Waals surface area (Å²) in [6, 6.07) is 5.82. The standard InChI is InChI=1S/C39H53ClN2O11S/c1-10-24-19-39(24,35(46)52-54(47,48)53-37(8)15-16-37)20-29(43)28-17-25(50-30-18-31(49-11-2)41-33-26(30)13-12-14-27(33)40)22-42(28)34(45)38(9,23(3)4)21-32(44)51-36(5,6)7/h12-14,18,23-25,28H,10-11,15-17,19-22H2,1-9H3/t24-,25-,28+,38+,39-/m1/s1. The highest BCUT2D eigenvalue weighted by atomic mass is 35.5. The minimum Gasteiger partial charge on any atom is -0.488 e. The van der Waals surface area contributed by atoms with E-state index in [1.165, 1.54) is 4.90 Å². The first-order valence-corrected chi connectivity index (χ1v) is 20.4. The van der Waals surface area contributed by atoms with Gasteiger partial charge in [0.05, 0.1) is 52.6 Å². The van der Waals surface area contributed by atoms with Gasteiger partial charge in [0.25, 0.3) is 0 Å². The van der Waals surface area contributed by atoms with Gasteiger partial charge in [-0.05, 0) is 84.8 Å². The molecule has 13 nitrogen and oxygen atoms in total. The monoisotopic (exact) mass is 792 g/mol. The molecule has 2 aliphatic carbocycles. The minimum absolute atomic E-state index is 0.0182. The Bertz CT molecular complexity index is 1910. The van der Waals surface area contributed by atoms with Gasteiger partial charge in [-0.1, -0.05) is 44.9 Å². The van der Waals surface area contributed by atoms with Gasteiger partial charge in [-0.25, -0.2) is 9.17 Å². The summed E-state index contributed by atoms with van der Waals surface area (Å²) in [4.78, 5) is 62.0. The van der Waals surface area contributed by atoms with Crippen LogP contribution in [0.15, 0.2) is 24.3 Å². The van der Waals surface area contributed by atoms with Gasteiger partial charge in [-0.3, -0.25) is 19.2 Å². The molecule has 0 radical (unpaired) electrons. The van der Waals surface area contributed by atoms with Crippen molar-refractivity contribution in [2.45, 2.75) is 131 Å². The van der Waals surface area contributed by atoms with E-state index in [0.29, 0.717) is 47.5 Å². The molecule has 3 fully saturated rings. The van der Waals surface area contributed by atoms with Crippen LogP contribution in [-0.2, 0) is 42.7 Å². The molecule has 298 valence electrons. The van der Waals surface area contributed by atoms with Crippen LogP contribution in [0.5, 0.6) is 11.6 Å². The molecule has 2 aromatic rings. The molecular weight excluding hydrogens is 740 g/mol. The molecule has 2 heterocycles. The van der Waals surface area contributed by atoms with Crippen molar-refractivity contribution < 1.29 is 50.2 Å². The summed E-state index contributed by atoms with van der Waals surface area (Å²) in [6.45, 7) is 16.2. The molecule has 15 heteroatoms. The van der Waals surface area contributed by atoms with Crippen LogP contribution in [-0.4, -0.2) is 78.4 Å². The number of ether oxygens (including phenoxy) is 3. The SMILES string of the molecule is CCOc1cc(O[C@@H]2C[C@@H](C(=O)C[C@]3(C(=O)OS(=O)(=O)OC4(C)CC4)C[C@H]3CC)N(C(=O)[C@@](C)(CC(=O)OC(C)(C)C)C(C)C)C2)c2cccc(Cl)c2n1. The first kappa shape index (κ1) is 41.7. The Hall–Kier alpha value is -3.49. The van der Waals surface area contributed by atoms with Crippen LogP contribution in [0.4, 0.5) is 0 Å². The summed E-state index contributed by atoms with van der Waals surface area (Å²) < 4.78 is 53.4. The van der Waals surface area contributed by atoms with Crippen molar-refractivity contribution in [1.29, 1.82) is 0 Å². The van der Waals surface area contributed by atoms with E-state index in [0.717, 1.165) is 0 Å². The van der Waals surface area contributed by atoms with Gasteiger partial charge in [0.2, 0.25) is 11.8 Å². The predicted molar refractivity (Wildman–Crippen MR) is 200 cm³/mol. The van der Waals surface area contributed by atoms with Gasteiger partial charge in [0.15, 0.2) is 5.78 Å². The normalized spacial score (nSPS) is 24.5. The van der Waals surface area contributed by atoms with Crippen molar-refractivity contribution in [2.75, 3.05) is 13.2 Å². The molecule has 1 aliphatic heterocycles. The summed E-state index contributed by atoms with van der Waals surface area (Å²) in [7, 11) is -4.67. The number of carbonyl (C=O) groups excluding carboxylic acids is 4. The third kappa shape index (κ3) is 9.13. The second-order valence-electron chi connectivity index (χ2n) is 16.7. The molecule has 0 spiro atoms. The largest absolute Gasteiger partial charge is 0.488 e. The van der Waals surface area contributed by atoms with E-state index in [1.807, 2.05) is 27.7 Å². The van der Waals surface area contributed by atoms with Gasteiger partial charge in [-0.2, -0.15) is 8.42 Å². The van der Waals surface area contributed by atoms with Crippen LogP contribution in [0, 0.1) is 22.7 Å². The number of hydrogen-bond acceptors (Lipinski definition) is 12. The highest BCUT2D eigenvalue weighted by molar-refractivity contribution is 7.82. The van der Waals surface area contributed by atoms with Gasteiger partial charge < -0.3 is 23.3 Å². The molecule has 1 aromatic carbocycles. The fraction of sp³-hybridized carbons (Fsp3) is 0.667. The molecule has 5 atom stereocenters. The maximum atomic E-state index is 14.8. The van der Waals surface area contributed by atoms with Crippen LogP contribution in [0.2, 0.25) is 5.02 Å². The third-order valence-corrected chi connectivity index (χ3v) is 12.2. The maximum Gasteiger partial charge on any atom is 0.452 e. The lowest BCUT2D eigenvalue weighted by Gasteiger charge is -2.38. The Morgan fingerprint density at radius 2 is 1.78 bits per heavy atom. The van der Waals surface area contributed by atoms with E-state index in [4.69, 9.17) is 34.2 Å². The number of ketones is 1. The predicted octanol–water partition coefficient (Wildman–Crippen LogP) is 6.76. The van der Waals surface area contributed by atoms with Crippen molar-refractivity contribution in [3.63, 3.8) is 0 Å². The molecule has 3 aliphatic rings. The van der Waals surface area contributed by atoms with Crippen LogP contribution >= 0.6 is 11.6 Å². The molecular formula is C39H53ClN2O11S. The van der Waals surface area contributed by atoms with Crippen molar-refractivity contribution >= 4 is 56.5 Å². The second-order valence-corrected chi connectivity index (χ2v) is 18.3. The summed E-state index contributed by atoms with van der Waals surface area (Å²) in [5.74, 6) is -2.48. The van der Waals surface area contributed by atoms with E-state index >= 15 is 0 Å². The highest BCUT2D eigenvalue weighted by Gasteiger charge is 2.63. The summed E-state index contributed by atoms with van der Waals surface area (Å²) in [5, 5.41) is 0.986. The Morgan fingerprint density at radius 3 is 2.35 bits per heavy atom. The van der Waals surface area contributed by atoms with E-state index in [9.17, 15) is 27.6 Å². The lowest BCUT2D eigenvalue weighted by Crippen LogP contribution is -2.51. The molecule has 54 heavy (non-hydrogen) atoms. The van der Waals surface area contributed by atoms with Crippen molar-refractivity contribution in [1.82, 2.24) is 9.88 Å². The fourth-order valence-corrected chi connectivity index (χ4v) is 8.45. The smallest absolute Gasteiger partial charge is 0.452 e. The lowest BCUT2D eigenvalue weighted by molar-refractivity contribution is -0.164. The zero-order valence-electron chi connectivity index (χ0n) is 32.7. The van der Waals surface area contributed by atoms with Gasteiger partial charge in [0, 0.05) is 24.3 Å². The molecule has 0 N–H and O–H groups in total. The van der Waals surface area contributed by atoms with E-state index in [-0.39, 0.29) is 49.9 Å². The molecule has 1 amide bonds. The maximum absolute atomic E-state index is 14.8. The molecule has 1 saturated heterocycles. The number of esters is 1. The molecule has 5 rings (SSSR count). The lowest BCUT2D eigenvalue weighted by atomic mass is 9.74. The van der Waals surface area contributed by atoms with E-state index in [1.54, 1.807) is 58.9 Å². The Kier molecular flexibility index (Phi) is 11.7. The van der Waals surface area contributed by atoms with Crippen LogP contribution < -0.4 is 9.47 Å². The van der Waals surface area contributed by atoms with Crippen molar-refractivity contribution in [3.05, 3.63) is 29.3 Å². The molecule has 1 aromatic heterocycles. The highest BCUT2D eigenvalue weighted by Crippen LogP contribution is 2.59. The Labute approximate surface area is 323 Å². The Morgan fingerprint density at radius 1 is 1.09 bits per heavy atom. The number of benzene rings is 1. The van der Waals surface area contributed by atoms with Crippen LogP contribution in [0.3, 0.4) is 0 Å². The second kappa shape index (κ2) is 15.2. The minimum atomic E-state index is -4.67. The number of aromatic nitrogens is 1. The number of hydrogen-bond donors (Lipinski definition) is 0. The van der Waals surface area contributed by atoms with E-state index < -0.39 is 68.2 Å². The van der Waals surface area contributed by atoms with Crippen molar-refractivity contribution in [2.24, 2.45) is 22.7 Å². The fourth-order valence-electron chi connectivity index (χ4n) is 7.19. The van der Waals surface area contributed by atoms with Gasteiger partial charge in [-0.15, -0.1) is 0 Å². The van der Waals surface area contributed by atoms with E-state index in [2.05, 4.69) is 4.98 Å². The first-order chi connectivity index (χ1) is 25.0. The molecule has 0 bridgehead atoms. The summed E-state index contributed by atoms with van der Waals surface area (Å²) >= 11 is 6.51. The molecule has 0 unspecified atom stereocenters. The zero-order valence-corrected chi connectivity index (χ0v) is 34.2. The number of para-hydroxylation sites is 1. The number of likely N-dealkylation sites (tertiary alicyclic amines) is 1. The number of rotatable bonds is 16. The number of amides is 1. The zero-order chi connectivity index (χ0) is 40.0. The number of halogens is 1. The summed E-state index contributed by atoms with van der Waals surface area (Å²) in [6.07, 6.45) is 0.523. The number of pyridine rings is 1. The first-order valence-electron chi connectivity index (χ1n) is 18.7. The van der Waals surface area contributed by atoms with Crippen LogP contribution in [0.1, 0.15) is 107 Å². The third-order valence-electron chi connectivity index (χ3n) is 11.0. The van der Waals surface area contributed by atoms with Gasteiger partial charge in [0.1, 0.15) is 17.5 Å². The topological polar surface area (TPSA) is 165 Å². The Balaban J connectivity index is 1.47. The number of fused-ring (bicyclic) bond motifs is 1. The number of carbonyl (C=O) groups is 4. The average molecular weight is 793 g/mol. The summed E-state index contributed by atoms with van der Waals surface area (Å²) in [5.41, 5.74) is -3.91. The van der Waals surface area contributed by atoms with Crippen molar-refractivity contribution in [3.8, 4) is 11.6 Å². The van der Waals surface area contributed by atoms with Crippen LogP contribution in [0.25, 0.3) is 10.9 Å². The molecule has 2 saturated carbocycles. The number of Topliss-reactive ketones (excluding diaryl/α,β-unsaturated/α-hetero) is 1.